The maximum Gasteiger partial charge on any atom is 0.338 e. The first-order valence-electron chi connectivity index (χ1n) is 9.30. The van der Waals surface area contributed by atoms with E-state index in [1.807, 2.05) is 38.1 Å². The lowest BCUT2D eigenvalue weighted by atomic mass is 10.0. The number of nitro benzene ring substituents is 1. The quantitative estimate of drug-likeness (QED) is 0.390. The van der Waals surface area contributed by atoms with E-state index in [1.54, 1.807) is 6.92 Å². The van der Waals surface area contributed by atoms with Crippen LogP contribution >= 0.6 is 0 Å². The van der Waals surface area contributed by atoms with Gasteiger partial charge < -0.3 is 14.8 Å². The number of benzene rings is 2. The average molecular weight is 400 g/mol. The molecule has 0 heterocycles. The topological polar surface area (TPSA) is 108 Å². The summed E-state index contributed by atoms with van der Waals surface area (Å²) in [6.07, 6.45) is 0.674. The maximum atomic E-state index is 12.2. The Morgan fingerprint density at radius 3 is 2.41 bits per heavy atom. The Hall–Kier alpha value is -3.42. The van der Waals surface area contributed by atoms with Crippen molar-refractivity contribution in [2.24, 2.45) is 0 Å². The minimum absolute atomic E-state index is 0.0291. The highest BCUT2D eigenvalue weighted by atomic mass is 16.6. The van der Waals surface area contributed by atoms with Crippen LogP contribution in [0.1, 0.15) is 47.8 Å². The molecule has 8 nitrogen and oxygen atoms in total. The Labute approximate surface area is 169 Å². The Kier molecular flexibility index (Phi) is 7.70. The zero-order valence-electron chi connectivity index (χ0n) is 16.6. The molecule has 29 heavy (non-hydrogen) atoms. The molecular formula is C21H24N2O6. The van der Waals surface area contributed by atoms with Gasteiger partial charge in [-0.2, -0.15) is 0 Å². The molecule has 0 aromatic heterocycles. The van der Waals surface area contributed by atoms with E-state index in [-0.39, 0.29) is 29.6 Å². The molecule has 0 fully saturated rings. The smallest absolute Gasteiger partial charge is 0.338 e. The van der Waals surface area contributed by atoms with Gasteiger partial charge in [-0.25, -0.2) is 4.79 Å². The van der Waals surface area contributed by atoms with Crippen LogP contribution in [0.15, 0.2) is 42.5 Å². The first kappa shape index (κ1) is 21.9. The van der Waals surface area contributed by atoms with Crippen LogP contribution in [0.25, 0.3) is 0 Å². The molecule has 0 saturated heterocycles. The molecule has 2 aromatic carbocycles. The number of nitrogens with one attached hydrogen (secondary N) is 1. The summed E-state index contributed by atoms with van der Waals surface area (Å²) in [6, 6.07) is 11.4. The fraction of sp³-hybridized carbons (Fsp3) is 0.333. The zero-order valence-corrected chi connectivity index (χ0v) is 16.6. The van der Waals surface area contributed by atoms with Crippen LogP contribution in [0.3, 0.4) is 0 Å². The standard InChI is InChI=1S/C21H24N2O6/c1-4-17(15-8-6-14(3)7-9-15)22-20(24)13-29-21(25)16-10-11-19(28-5-2)18(12-16)23(26)27/h6-12,17H,4-5,13H2,1-3H3,(H,22,24)/t17-/m1/s1. The van der Waals surface area contributed by atoms with Gasteiger partial charge in [0.15, 0.2) is 12.4 Å². The van der Waals surface area contributed by atoms with Crippen molar-refractivity contribution in [3.8, 4) is 5.75 Å². The number of nitro groups is 1. The second kappa shape index (κ2) is 10.2. The highest BCUT2D eigenvalue weighted by Crippen LogP contribution is 2.28. The highest BCUT2D eigenvalue weighted by molar-refractivity contribution is 5.92. The summed E-state index contributed by atoms with van der Waals surface area (Å²) >= 11 is 0. The van der Waals surface area contributed by atoms with Gasteiger partial charge in [0.1, 0.15) is 0 Å². The number of ether oxygens (including phenoxy) is 2. The monoisotopic (exact) mass is 400 g/mol. The Morgan fingerprint density at radius 2 is 1.83 bits per heavy atom. The number of nitrogens with zero attached hydrogens (tertiary/aromatic N) is 1. The van der Waals surface area contributed by atoms with E-state index in [0.717, 1.165) is 17.2 Å². The molecule has 1 atom stereocenters. The van der Waals surface area contributed by atoms with Crippen molar-refractivity contribution in [3.05, 3.63) is 69.3 Å². The van der Waals surface area contributed by atoms with E-state index in [0.29, 0.717) is 6.42 Å². The number of carbonyl (C=O) groups is 2. The molecular weight excluding hydrogens is 376 g/mol. The third-order valence-electron chi connectivity index (χ3n) is 4.25. The lowest BCUT2D eigenvalue weighted by Gasteiger charge is -2.17. The summed E-state index contributed by atoms with van der Waals surface area (Å²) < 4.78 is 10.2. The largest absolute Gasteiger partial charge is 0.487 e. The third-order valence-corrected chi connectivity index (χ3v) is 4.25. The average Bonchev–Trinajstić information content (AvgIpc) is 2.71. The molecule has 2 aromatic rings. The normalized spacial score (nSPS) is 11.4. The maximum absolute atomic E-state index is 12.2. The van der Waals surface area contributed by atoms with E-state index in [4.69, 9.17) is 9.47 Å². The van der Waals surface area contributed by atoms with Gasteiger partial charge in [-0.05, 0) is 38.0 Å². The van der Waals surface area contributed by atoms with Gasteiger partial charge in [0.2, 0.25) is 0 Å². The second-order valence-electron chi connectivity index (χ2n) is 6.39. The van der Waals surface area contributed by atoms with Crippen molar-refractivity contribution in [3.63, 3.8) is 0 Å². The number of esters is 1. The van der Waals surface area contributed by atoms with E-state index >= 15 is 0 Å². The molecule has 154 valence electrons. The minimum atomic E-state index is -0.824. The van der Waals surface area contributed by atoms with Gasteiger partial charge in [0, 0.05) is 6.07 Å². The Balaban J connectivity index is 1.99. The van der Waals surface area contributed by atoms with Crippen molar-refractivity contribution in [2.75, 3.05) is 13.2 Å². The molecule has 0 saturated carbocycles. The van der Waals surface area contributed by atoms with Gasteiger partial charge in [-0.1, -0.05) is 36.8 Å². The van der Waals surface area contributed by atoms with Crippen molar-refractivity contribution in [1.29, 1.82) is 0 Å². The van der Waals surface area contributed by atoms with Crippen molar-refractivity contribution >= 4 is 17.6 Å². The molecule has 0 aliphatic carbocycles. The van der Waals surface area contributed by atoms with E-state index in [1.165, 1.54) is 12.1 Å². The van der Waals surface area contributed by atoms with Crippen molar-refractivity contribution in [1.82, 2.24) is 5.32 Å². The van der Waals surface area contributed by atoms with Gasteiger partial charge in [-0.3, -0.25) is 14.9 Å². The van der Waals surface area contributed by atoms with E-state index in [2.05, 4.69) is 5.32 Å². The number of amides is 1. The number of aryl methyl sites for hydroxylation is 1. The van der Waals surface area contributed by atoms with Crippen LogP contribution < -0.4 is 10.1 Å². The molecule has 0 radical (unpaired) electrons. The molecule has 0 aliphatic rings. The molecule has 0 aliphatic heterocycles. The lowest BCUT2D eigenvalue weighted by Crippen LogP contribution is -2.32. The lowest BCUT2D eigenvalue weighted by molar-refractivity contribution is -0.385. The summed E-state index contributed by atoms with van der Waals surface area (Å²) in [5, 5.41) is 14.0. The van der Waals surface area contributed by atoms with Crippen LogP contribution in [0.5, 0.6) is 5.75 Å². The van der Waals surface area contributed by atoms with Crippen molar-refractivity contribution in [2.45, 2.75) is 33.2 Å². The van der Waals surface area contributed by atoms with Crippen LogP contribution in [-0.2, 0) is 9.53 Å². The van der Waals surface area contributed by atoms with Crippen LogP contribution in [-0.4, -0.2) is 30.0 Å². The van der Waals surface area contributed by atoms with Crippen LogP contribution in [0.2, 0.25) is 0 Å². The van der Waals surface area contributed by atoms with Gasteiger partial charge in [0.05, 0.1) is 23.1 Å². The second-order valence-corrected chi connectivity index (χ2v) is 6.39. The molecule has 0 bridgehead atoms. The molecule has 2 rings (SSSR count). The summed E-state index contributed by atoms with van der Waals surface area (Å²) in [6.45, 7) is 5.39. The number of rotatable bonds is 9. The highest BCUT2D eigenvalue weighted by Gasteiger charge is 2.20. The molecule has 0 spiro atoms. The summed E-state index contributed by atoms with van der Waals surface area (Å²) in [5.41, 5.74) is 1.71. The van der Waals surface area contributed by atoms with Crippen LogP contribution in [0, 0.1) is 17.0 Å². The number of hydrogen-bond acceptors (Lipinski definition) is 6. The van der Waals surface area contributed by atoms with Crippen LogP contribution in [0.4, 0.5) is 5.69 Å². The third kappa shape index (κ3) is 6.03. The Morgan fingerprint density at radius 1 is 1.14 bits per heavy atom. The minimum Gasteiger partial charge on any atom is -0.487 e. The predicted molar refractivity (Wildman–Crippen MR) is 107 cm³/mol. The fourth-order valence-corrected chi connectivity index (χ4v) is 2.73. The first-order chi connectivity index (χ1) is 13.8. The fourth-order valence-electron chi connectivity index (χ4n) is 2.73. The van der Waals surface area contributed by atoms with E-state index < -0.39 is 23.4 Å². The van der Waals surface area contributed by atoms with Gasteiger partial charge in [-0.15, -0.1) is 0 Å². The van der Waals surface area contributed by atoms with Crippen molar-refractivity contribution < 1.29 is 24.0 Å². The summed E-state index contributed by atoms with van der Waals surface area (Å²) in [4.78, 5) is 34.9. The first-order valence-corrected chi connectivity index (χ1v) is 9.30. The summed E-state index contributed by atoms with van der Waals surface area (Å²) in [5.74, 6) is -1.21. The summed E-state index contributed by atoms with van der Waals surface area (Å²) in [7, 11) is 0. The van der Waals surface area contributed by atoms with Gasteiger partial charge >= 0.3 is 11.7 Å². The molecule has 1 N–H and O–H groups in total. The SMILES string of the molecule is CCOc1ccc(C(=O)OCC(=O)N[C@H](CC)c2ccc(C)cc2)cc1[N+](=O)[O-]. The van der Waals surface area contributed by atoms with E-state index in [9.17, 15) is 19.7 Å². The predicted octanol–water partition coefficient (Wildman–Crippen LogP) is 3.73. The molecule has 1 amide bonds. The molecule has 8 heteroatoms. The number of carbonyl (C=O) groups excluding carboxylic acids is 2. The number of hydrogen-bond donors (Lipinski definition) is 1. The zero-order chi connectivity index (χ0) is 21.4. The molecule has 0 unspecified atom stereocenters. The van der Waals surface area contributed by atoms with Gasteiger partial charge in [0.25, 0.3) is 5.91 Å². The Bertz CT molecular complexity index is 879.